The Balaban J connectivity index is 3.04. The average molecular weight is 278 g/mol. The van der Waals surface area contributed by atoms with Gasteiger partial charge in [0, 0.05) is 9.26 Å². The normalized spacial score (nSPS) is 12.9. The van der Waals surface area contributed by atoms with Crippen LogP contribution < -0.4 is 11.5 Å². The first-order valence-electron chi connectivity index (χ1n) is 3.56. The van der Waals surface area contributed by atoms with E-state index in [1.165, 1.54) is 0 Å². The van der Waals surface area contributed by atoms with Gasteiger partial charge in [-0.1, -0.05) is 0 Å². The van der Waals surface area contributed by atoms with Crippen molar-refractivity contribution in [2.24, 2.45) is 5.73 Å². The van der Waals surface area contributed by atoms with Crippen LogP contribution in [0.3, 0.4) is 0 Å². The lowest BCUT2D eigenvalue weighted by Crippen LogP contribution is -2.16. The maximum absolute atomic E-state index is 8.82. The average Bonchev–Trinajstić information content (AvgIpc) is 2.08. The lowest BCUT2D eigenvalue weighted by atomic mass is 10.1. The molecule has 0 radical (unpaired) electrons. The molecule has 0 amide bonds. The van der Waals surface area contributed by atoms with Crippen LogP contribution >= 0.6 is 22.6 Å². The van der Waals surface area contributed by atoms with Gasteiger partial charge in [-0.15, -0.1) is 0 Å². The van der Waals surface area contributed by atoms with Crippen molar-refractivity contribution in [3.8, 4) is 0 Å². The highest BCUT2D eigenvalue weighted by atomic mass is 127. The predicted molar refractivity (Wildman–Crippen MR) is 57.6 cm³/mol. The van der Waals surface area contributed by atoms with E-state index in [-0.39, 0.29) is 12.6 Å². The van der Waals surface area contributed by atoms with Crippen molar-refractivity contribution in [2.45, 2.75) is 6.04 Å². The van der Waals surface area contributed by atoms with Crippen LogP contribution in [-0.4, -0.2) is 11.7 Å². The number of anilines is 1. The van der Waals surface area contributed by atoms with Gasteiger partial charge >= 0.3 is 0 Å². The Morgan fingerprint density at radius 2 is 2.17 bits per heavy atom. The van der Waals surface area contributed by atoms with Crippen LogP contribution in [0.15, 0.2) is 18.2 Å². The monoisotopic (exact) mass is 278 g/mol. The molecule has 0 unspecified atom stereocenters. The van der Waals surface area contributed by atoms with Crippen molar-refractivity contribution in [1.82, 2.24) is 0 Å². The first-order valence-corrected chi connectivity index (χ1v) is 4.64. The Bertz CT molecular complexity index is 278. The summed E-state index contributed by atoms with van der Waals surface area (Å²) in [7, 11) is 0. The number of aliphatic hydroxyl groups excluding tert-OH is 1. The van der Waals surface area contributed by atoms with Gasteiger partial charge in [-0.25, -0.2) is 0 Å². The standard InChI is InChI=1S/C8H11IN2O/c9-5-1-2-7(10)6(3-5)8(11)4-12/h1-3,8,12H,4,10-11H2/t8-/m0/s1. The third-order valence-corrected chi connectivity index (χ3v) is 2.32. The van der Waals surface area contributed by atoms with E-state index in [0.717, 1.165) is 9.13 Å². The molecule has 1 atom stereocenters. The summed E-state index contributed by atoms with van der Waals surface area (Å²) in [6.45, 7) is -0.0791. The molecular formula is C8H11IN2O. The minimum Gasteiger partial charge on any atom is -0.398 e. The zero-order valence-electron chi connectivity index (χ0n) is 6.50. The van der Waals surface area contributed by atoms with Gasteiger partial charge in [-0.3, -0.25) is 0 Å². The minimum absolute atomic E-state index is 0.0791. The van der Waals surface area contributed by atoms with E-state index in [9.17, 15) is 0 Å². The number of halogens is 1. The van der Waals surface area contributed by atoms with Crippen LogP contribution in [0.1, 0.15) is 11.6 Å². The highest BCUT2D eigenvalue weighted by Gasteiger charge is 2.07. The molecule has 1 aromatic carbocycles. The number of rotatable bonds is 2. The van der Waals surface area contributed by atoms with Crippen LogP contribution in [0, 0.1) is 3.57 Å². The van der Waals surface area contributed by atoms with Gasteiger partial charge in [-0.05, 0) is 46.4 Å². The van der Waals surface area contributed by atoms with Gasteiger partial charge in [0.15, 0.2) is 0 Å². The molecule has 0 aliphatic rings. The molecule has 0 saturated carbocycles. The molecule has 3 nitrogen and oxygen atoms in total. The van der Waals surface area contributed by atoms with Gasteiger partial charge in [0.25, 0.3) is 0 Å². The molecule has 5 N–H and O–H groups in total. The van der Waals surface area contributed by atoms with Crippen LogP contribution in [-0.2, 0) is 0 Å². The van der Waals surface area contributed by atoms with Gasteiger partial charge in [0.05, 0.1) is 12.6 Å². The van der Waals surface area contributed by atoms with E-state index in [1.54, 1.807) is 6.07 Å². The van der Waals surface area contributed by atoms with E-state index in [0.29, 0.717) is 5.69 Å². The number of nitrogens with two attached hydrogens (primary N) is 2. The van der Waals surface area contributed by atoms with E-state index in [1.807, 2.05) is 12.1 Å². The molecule has 0 fully saturated rings. The molecule has 12 heavy (non-hydrogen) atoms. The highest BCUT2D eigenvalue weighted by Crippen LogP contribution is 2.20. The lowest BCUT2D eigenvalue weighted by Gasteiger charge is -2.11. The van der Waals surface area contributed by atoms with E-state index in [4.69, 9.17) is 16.6 Å². The SMILES string of the molecule is Nc1ccc(I)cc1[C@@H](N)CO. The van der Waals surface area contributed by atoms with Gasteiger partial charge in [-0.2, -0.15) is 0 Å². The molecule has 0 aliphatic heterocycles. The van der Waals surface area contributed by atoms with Crippen molar-refractivity contribution >= 4 is 28.3 Å². The second-order valence-electron chi connectivity index (χ2n) is 2.56. The van der Waals surface area contributed by atoms with E-state index >= 15 is 0 Å². The summed E-state index contributed by atoms with van der Waals surface area (Å²) in [6.07, 6.45) is 0. The summed E-state index contributed by atoms with van der Waals surface area (Å²) < 4.78 is 1.07. The largest absolute Gasteiger partial charge is 0.398 e. The van der Waals surface area contributed by atoms with Crippen LogP contribution in [0.25, 0.3) is 0 Å². The Hall–Kier alpha value is -0.330. The van der Waals surface area contributed by atoms with E-state index in [2.05, 4.69) is 22.6 Å². The smallest absolute Gasteiger partial charge is 0.0625 e. The summed E-state index contributed by atoms with van der Waals surface area (Å²) in [5, 5.41) is 8.82. The van der Waals surface area contributed by atoms with Crippen LogP contribution in [0.4, 0.5) is 5.69 Å². The summed E-state index contributed by atoms with van der Waals surface area (Å²) in [5.41, 5.74) is 12.7. The maximum Gasteiger partial charge on any atom is 0.0625 e. The summed E-state index contributed by atoms with van der Waals surface area (Å²) in [6, 6.07) is 5.21. The molecule has 4 heteroatoms. The molecule has 0 bridgehead atoms. The third kappa shape index (κ3) is 2.09. The van der Waals surface area contributed by atoms with Crippen LogP contribution in [0.5, 0.6) is 0 Å². The number of aliphatic hydroxyl groups is 1. The molecule has 0 aromatic heterocycles. The number of hydrogen-bond donors (Lipinski definition) is 3. The molecule has 0 heterocycles. The molecule has 0 aliphatic carbocycles. The lowest BCUT2D eigenvalue weighted by molar-refractivity contribution is 0.268. The van der Waals surface area contributed by atoms with Crippen molar-refractivity contribution in [1.29, 1.82) is 0 Å². The zero-order chi connectivity index (χ0) is 9.14. The minimum atomic E-state index is -0.375. The zero-order valence-corrected chi connectivity index (χ0v) is 8.65. The summed E-state index contributed by atoms with van der Waals surface area (Å²) >= 11 is 2.18. The fourth-order valence-electron chi connectivity index (χ4n) is 0.965. The Labute approximate surface area is 84.9 Å². The van der Waals surface area contributed by atoms with Crippen molar-refractivity contribution in [2.75, 3.05) is 12.3 Å². The Morgan fingerprint density at radius 1 is 1.50 bits per heavy atom. The first-order chi connectivity index (χ1) is 5.65. The number of hydrogen-bond acceptors (Lipinski definition) is 3. The summed E-state index contributed by atoms with van der Waals surface area (Å²) in [4.78, 5) is 0. The van der Waals surface area contributed by atoms with Crippen molar-refractivity contribution < 1.29 is 5.11 Å². The fourth-order valence-corrected chi connectivity index (χ4v) is 1.48. The Morgan fingerprint density at radius 3 is 2.75 bits per heavy atom. The van der Waals surface area contributed by atoms with Gasteiger partial charge < -0.3 is 16.6 Å². The molecule has 0 saturated heterocycles. The quantitative estimate of drug-likeness (QED) is 0.555. The topological polar surface area (TPSA) is 72.3 Å². The molecule has 66 valence electrons. The summed E-state index contributed by atoms with van der Waals surface area (Å²) in [5.74, 6) is 0. The van der Waals surface area contributed by atoms with Crippen molar-refractivity contribution in [3.63, 3.8) is 0 Å². The second-order valence-corrected chi connectivity index (χ2v) is 3.81. The molecule has 1 rings (SSSR count). The first kappa shape index (κ1) is 9.76. The Kier molecular flexibility index (Phi) is 3.30. The maximum atomic E-state index is 8.82. The van der Waals surface area contributed by atoms with Gasteiger partial charge in [0.2, 0.25) is 0 Å². The van der Waals surface area contributed by atoms with Crippen LogP contribution in [0.2, 0.25) is 0 Å². The number of nitrogen functional groups attached to an aromatic ring is 1. The molecule has 0 spiro atoms. The molecular weight excluding hydrogens is 267 g/mol. The highest BCUT2D eigenvalue weighted by molar-refractivity contribution is 14.1. The van der Waals surface area contributed by atoms with Gasteiger partial charge in [0.1, 0.15) is 0 Å². The predicted octanol–water partition coefficient (Wildman–Crippen LogP) is 0.866. The fraction of sp³-hybridized carbons (Fsp3) is 0.250. The van der Waals surface area contributed by atoms with E-state index < -0.39 is 0 Å². The second kappa shape index (κ2) is 4.06. The third-order valence-electron chi connectivity index (χ3n) is 1.65. The number of benzene rings is 1. The molecule has 1 aromatic rings. The van der Waals surface area contributed by atoms with Crippen molar-refractivity contribution in [3.05, 3.63) is 27.3 Å².